The Kier molecular flexibility index (Phi) is 26.0. The molecule has 0 aliphatic carbocycles. The SMILES string of the molecule is CC(C)[PH+](C[CH-]C[N-]CC[PH+](C(C)C)C(C)C)C(C)C.[CH-]=O.[Cl][Ru+3]. The minimum atomic E-state index is -0.218. The van der Waals surface area contributed by atoms with Crippen molar-refractivity contribution in [3.8, 4) is 0 Å². The quantitative estimate of drug-likeness (QED) is 0.116. The van der Waals surface area contributed by atoms with Crippen LogP contribution in [0.4, 0.5) is 0 Å². The second kappa shape index (κ2) is 20.7. The normalized spacial score (nSPS) is 11.1. The molecule has 0 fully saturated rings. The summed E-state index contributed by atoms with van der Waals surface area (Å²) in [5.41, 5.74) is 3.53. The van der Waals surface area contributed by atoms with Gasteiger partial charge >= 0.3 is 27.0 Å². The fourth-order valence-electron chi connectivity index (χ4n) is 3.00. The molecular weight excluding hydrogens is 445 g/mol. The van der Waals surface area contributed by atoms with Crippen LogP contribution in [0.5, 0.6) is 0 Å². The van der Waals surface area contributed by atoms with E-state index in [1.807, 2.05) is 17.3 Å². The Morgan fingerprint density at radius 1 is 0.875 bits per heavy atom. The van der Waals surface area contributed by atoms with Crippen molar-refractivity contribution >= 4 is 32.3 Å². The first-order valence-corrected chi connectivity index (χ1v) is 14.8. The van der Waals surface area contributed by atoms with Crippen LogP contribution in [0.3, 0.4) is 0 Å². The van der Waals surface area contributed by atoms with Gasteiger partial charge in [0.25, 0.3) is 0 Å². The molecule has 0 amide bonds. The fraction of sp³-hybridized carbons (Fsp3) is 0.889. The van der Waals surface area contributed by atoms with Crippen molar-refractivity contribution in [1.29, 1.82) is 0 Å². The van der Waals surface area contributed by atoms with E-state index in [1.54, 1.807) is 0 Å². The monoisotopic (exact) mass is 485 g/mol. The maximum atomic E-state index is 7.75. The average Bonchev–Trinajstić information content (AvgIpc) is 2.52. The zero-order chi connectivity index (χ0) is 19.7. The Bertz CT molecular complexity index is 217. The van der Waals surface area contributed by atoms with E-state index in [4.69, 9.17) is 10.1 Å². The van der Waals surface area contributed by atoms with Crippen LogP contribution in [0.1, 0.15) is 55.4 Å². The van der Waals surface area contributed by atoms with Gasteiger partial charge in [-0.15, -0.1) is 6.54 Å². The van der Waals surface area contributed by atoms with Crippen molar-refractivity contribution < 1.29 is 22.1 Å². The Labute approximate surface area is 169 Å². The standard InChI is InChI=1S/C17H37NP2.CHO.ClH.Ru/c1-14(2)19(15(3)4)12-9-10-18-11-13-20(16(5)6)17(7)8;1-2;;/h9,14-17H,10-13H2,1-8H3;1H;1H;/q-2;-1;;+4/p+1. The molecule has 0 heterocycles. The van der Waals surface area contributed by atoms with Gasteiger partial charge in [0.2, 0.25) is 0 Å². The third-order valence-electron chi connectivity index (χ3n) is 4.16. The van der Waals surface area contributed by atoms with Crippen LogP contribution in [0.15, 0.2) is 0 Å². The molecule has 0 unspecified atom stereocenters. The molecular formula is C18H40ClNOP2Ru+2. The third-order valence-corrected chi connectivity index (χ3v) is 11.7. The van der Waals surface area contributed by atoms with Gasteiger partial charge < -0.3 is 16.5 Å². The Morgan fingerprint density at radius 3 is 1.58 bits per heavy atom. The van der Waals surface area contributed by atoms with Crippen LogP contribution in [0.25, 0.3) is 5.32 Å². The molecule has 0 saturated carbocycles. The first-order valence-electron chi connectivity index (χ1n) is 8.80. The molecule has 0 bridgehead atoms. The van der Waals surface area contributed by atoms with E-state index in [-0.39, 0.29) is 15.8 Å². The summed E-state index contributed by atoms with van der Waals surface area (Å²) in [6.45, 7) is 24.4. The van der Waals surface area contributed by atoms with E-state index in [2.05, 4.69) is 78.3 Å². The Hall–Kier alpha value is 1.40. The van der Waals surface area contributed by atoms with E-state index >= 15 is 0 Å². The van der Waals surface area contributed by atoms with Crippen LogP contribution in [-0.2, 0) is 22.1 Å². The number of rotatable bonds is 11. The van der Waals surface area contributed by atoms with Crippen LogP contribution < -0.4 is 0 Å². The van der Waals surface area contributed by atoms with Gasteiger partial charge in [0.1, 0.15) is 0 Å². The molecule has 0 aliphatic rings. The van der Waals surface area contributed by atoms with Crippen molar-refractivity contribution in [1.82, 2.24) is 0 Å². The predicted molar refractivity (Wildman–Crippen MR) is 117 cm³/mol. The summed E-state index contributed by atoms with van der Waals surface area (Å²) in [5, 5.41) is 4.75. The summed E-state index contributed by atoms with van der Waals surface area (Å²) in [6, 6.07) is 0. The van der Waals surface area contributed by atoms with E-state index < -0.39 is 0 Å². The Morgan fingerprint density at radius 2 is 1.25 bits per heavy atom. The summed E-state index contributed by atoms with van der Waals surface area (Å²) < 4.78 is 0. The maximum absolute atomic E-state index is 7.75. The van der Waals surface area contributed by atoms with Gasteiger partial charge in [0.15, 0.2) is 0 Å². The first kappa shape index (κ1) is 30.1. The molecule has 0 radical (unpaired) electrons. The molecule has 0 aromatic heterocycles. The second-order valence-corrected chi connectivity index (χ2v) is 15.0. The van der Waals surface area contributed by atoms with Gasteiger partial charge in [-0.05, 0) is 63.3 Å². The molecule has 0 N–H and O–H groups in total. The molecule has 0 aromatic carbocycles. The van der Waals surface area contributed by atoms with Gasteiger partial charge in [-0.1, -0.05) is 6.16 Å². The van der Waals surface area contributed by atoms with Crippen LogP contribution in [0, 0.1) is 6.42 Å². The summed E-state index contributed by atoms with van der Waals surface area (Å²) in [4.78, 5) is 7.75. The zero-order valence-corrected chi connectivity index (χ0v) is 21.4. The molecule has 0 aliphatic heterocycles. The van der Waals surface area contributed by atoms with E-state index in [0.717, 1.165) is 35.7 Å². The summed E-state index contributed by atoms with van der Waals surface area (Å²) in [6.07, 6.45) is 5.14. The van der Waals surface area contributed by atoms with Crippen molar-refractivity contribution in [2.24, 2.45) is 0 Å². The average molecular weight is 485 g/mol. The topological polar surface area (TPSA) is 31.2 Å². The Balaban J connectivity index is -0.00000102. The van der Waals surface area contributed by atoms with Gasteiger partial charge in [-0.3, -0.25) is 13.3 Å². The van der Waals surface area contributed by atoms with Gasteiger partial charge in [-0.25, -0.2) is 0 Å². The molecule has 0 rings (SSSR count). The molecule has 2 nitrogen and oxygen atoms in total. The van der Waals surface area contributed by atoms with Crippen molar-refractivity contribution in [3.63, 3.8) is 0 Å². The predicted octanol–water partition coefficient (Wildman–Crippen LogP) is 6.04. The number of hydrogen-bond acceptors (Lipinski definition) is 1. The molecule has 0 atom stereocenters. The van der Waals surface area contributed by atoms with Crippen molar-refractivity contribution in [2.75, 3.05) is 25.4 Å². The van der Waals surface area contributed by atoms with Gasteiger partial charge in [0.05, 0.1) is 22.6 Å². The van der Waals surface area contributed by atoms with E-state index in [0.29, 0.717) is 0 Å². The molecule has 24 heavy (non-hydrogen) atoms. The van der Waals surface area contributed by atoms with Crippen LogP contribution in [-0.4, -0.2) is 54.8 Å². The fourth-order valence-corrected chi connectivity index (χ4v) is 8.65. The summed E-state index contributed by atoms with van der Waals surface area (Å²) in [5.74, 6) is 0. The molecule has 0 saturated heterocycles. The molecule has 0 spiro atoms. The first-order chi connectivity index (χ1) is 11.3. The number of nitrogens with zero attached hydrogens (tertiary/aromatic N) is 1. The van der Waals surface area contributed by atoms with Crippen LogP contribution >= 0.6 is 25.5 Å². The number of carbonyl (C=O) groups excluding carboxylic acids is 1. The second-order valence-electron chi connectivity index (χ2n) is 7.14. The van der Waals surface area contributed by atoms with Crippen molar-refractivity contribution in [3.05, 3.63) is 11.7 Å². The number of hydrogen-bond donors (Lipinski definition) is 0. The van der Waals surface area contributed by atoms with Gasteiger partial charge in [0, 0.05) is 14.1 Å². The van der Waals surface area contributed by atoms with Gasteiger partial charge in [-0.2, -0.15) is 0 Å². The number of halogens is 1. The third kappa shape index (κ3) is 16.8. The summed E-state index contributed by atoms with van der Waals surface area (Å²) in [7, 11) is 4.14. The zero-order valence-electron chi connectivity index (χ0n) is 16.9. The van der Waals surface area contributed by atoms with Crippen LogP contribution in [0.2, 0.25) is 0 Å². The van der Waals surface area contributed by atoms with Crippen molar-refractivity contribution in [2.45, 2.75) is 78.0 Å². The molecule has 146 valence electrons. The summed E-state index contributed by atoms with van der Waals surface area (Å²) >= 11 is 1.82. The molecule has 0 aromatic rings. The minimum absolute atomic E-state index is 0.210. The molecule has 6 heteroatoms. The van der Waals surface area contributed by atoms with E-state index in [1.165, 1.54) is 12.3 Å². The van der Waals surface area contributed by atoms with E-state index in [9.17, 15) is 0 Å².